The zero-order chi connectivity index (χ0) is 13.0. The van der Waals surface area contributed by atoms with E-state index in [1.165, 1.54) is 12.1 Å². The van der Waals surface area contributed by atoms with Crippen molar-refractivity contribution >= 4 is 0 Å². The third-order valence-electron chi connectivity index (χ3n) is 2.90. The van der Waals surface area contributed by atoms with Gasteiger partial charge in [0.1, 0.15) is 11.6 Å². The van der Waals surface area contributed by atoms with Crippen LogP contribution in [0.5, 0.6) is 0 Å². The second-order valence-corrected chi connectivity index (χ2v) is 4.41. The topological polar surface area (TPSA) is 54.7 Å². The minimum absolute atomic E-state index is 0.236. The molecule has 3 nitrogen and oxygen atoms in total. The molecule has 1 aromatic heterocycles. The monoisotopic (exact) mass is 247 g/mol. The number of H-pyrrole nitrogens is 1. The van der Waals surface area contributed by atoms with E-state index in [1.807, 2.05) is 13.0 Å². The first-order valence-electron chi connectivity index (χ1n) is 6.22. The quantitative estimate of drug-likeness (QED) is 0.798. The highest BCUT2D eigenvalue weighted by Crippen LogP contribution is 2.22. The van der Waals surface area contributed by atoms with Crippen LogP contribution in [0.4, 0.5) is 4.39 Å². The Morgan fingerprint density at radius 2 is 2.17 bits per heavy atom. The Hall–Kier alpha value is -1.68. The molecule has 0 aliphatic heterocycles. The second kappa shape index (κ2) is 5.78. The third kappa shape index (κ3) is 2.96. The van der Waals surface area contributed by atoms with Crippen molar-refractivity contribution in [2.75, 3.05) is 6.54 Å². The molecule has 96 valence electrons. The summed E-state index contributed by atoms with van der Waals surface area (Å²) in [6, 6.07) is 6.52. The summed E-state index contributed by atoms with van der Waals surface area (Å²) in [4.78, 5) is 7.78. The van der Waals surface area contributed by atoms with Gasteiger partial charge in [0.15, 0.2) is 0 Å². The van der Waals surface area contributed by atoms with Gasteiger partial charge in [-0.25, -0.2) is 9.37 Å². The Morgan fingerprint density at radius 3 is 2.89 bits per heavy atom. The van der Waals surface area contributed by atoms with Gasteiger partial charge in [-0.1, -0.05) is 12.1 Å². The molecule has 2 rings (SSSR count). The molecule has 3 N–H and O–H groups in total. The van der Waals surface area contributed by atoms with Crippen LogP contribution in [0.1, 0.15) is 24.4 Å². The van der Waals surface area contributed by atoms with Crippen LogP contribution in [0.3, 0.4) is 0 Å². The summed E-state index contributed by atoms with van der Waals surface area (Å²) >= 11 is 0. The molecule has 0 saturated heterocycles. The van der Waals surface area contributed by atoms with E-state index in [4.69, 9.17) is 5.73 Å². The number of aromatic amines is 1. The largest absolute Gasteiger partial charge is 0.346 e. The molecule has 0 saturated carbocycles. The fraction of sp³-hybridized carbons (Fsp3) is 0.357. The molecule has 0 bridgehead atoms. The van der Waals surface area contributed by atoms with Crippen molar-refractivity contribution < 1.29 is 4.39 Å². The van der Waals surface area contributed by atoms with Gasteiger partial charge >= 0.3 is 0 Å². The molecule has 0 atom stereocenters. The summed E-state index contributed by atoms with van der Waals surface area (Å²) in [5, 5.41) is 0. The fourth-order valence-electron chi connectivity index (χ4n) is 1.99. The van der Waals surface area contributed by atoms with Gasteiger partial charge in [-0.15, -0.1) is 0 Å². The Balaban J connectivity index is 2.18. The van der Waals surface area contributed by atoms with E-state index in [9.17, 15) is 4.39 Å². The first-order chi connectivity index (χ1) is 8.70. The molecule has 0 radical (unpaired) electrons. The first-order valence-corrected chi connectivity index (χ1v) is 6.22. The minimum Gasteiger partial charge on any atom is -0.346 e. The Bertz CT molecular complexity index is 520. The fourth-order valence-corrected chi connectivity index (χ4v) is 1.99. The number of aryl methyl sites for hydroxylation is 2. The summed E-state index contributed by atoms with van der Waals surface area (Å²) in [7, 11) is 0. The normalized spacial score (nSPS) is 10.8. The number of unbranched alkanes of at least 4 members (excludes halogenated alkanes) is 1. The van der Waals surface area contributed by atoms with Crippen LogP contribution in [-0.2, 0) is 6.42 Å². The van der Waals surface area contributed by atoms with E-state index in [2.05, 4.69) is 9.97 Å². The van der Waals surface area contributed by atoms with Gasteiger partial charge in [0.25, 0.3) is 0 Å². The molecule has 2 aromatic rings. The van der Waals surface area contributed by atoms with Crippen LogP contribution >= 0.6 is 0 Å². The van der Waals surface area contributed by atoms with E-state index in [1.54, 1.807) is 6.07 Å². The van der Waals surface area contributed by atoms with Crippen molar-refractivity contribution in [3.05, 3.63) is 41.6 Å². The van der Waals surface area contributed by atoms with Gasteiger partial charge in [-0.05, 0) is 38.4 Å². The van der Waals surface area contributed by atoms with Crippen LogP contribution in [0, 0.1) is 12.7 Å². The minimum atomic E-state index is -0.236. The smallest absolute Gasteiger partial charge is 0.123 e. The van der Waals surface area contributed by atoms with Crippen molar-refractivity contribution in [2.24, 2.45) is 5.73 Å². The number of hydrogen-bond acceptors (Lipinski definition) is 2. The highest BCUT2D eigenvalue weighted by Gasteiger charge is 2.09. The van der Waals surface area contributed by atoms with E-state index in [0.717, 1.165) is 42.0 Å². The van der Waals surface area contributed by atoms with Gasteiger partial charge in [-0.3, -0.25) is 0 Å². The summed E-state index contributed by atoms with van der Waals surface area (Å²) in [6.45, 7) is 2.66. The third-order valence-corrected chi connectivity index (χ3v) is 2.90. The van der Waals surface area contributed by atoms with E-state index in [0.29, 0.717) is 6.54 Å². The maximum Gasteiger partial charge on any atom is 0.123 e. The number of nitrogens with zero attached hydrogens (tertiary/aromatic N) is 1. The predicted octanol–water partition coefficient (Wildman–Crippen LogP) is 2.81. The molecule has 0 aliphatic carbocycles. The van der Waals surface area contributed by atoms with Crippen LogP contribution in [0.2, 0.25) is 0 Å². The number of benzene rings is 1. The highest BCUT2D eigenvalue weighted by atomic mass is 19.1. The molecule has 1 aromatic carbocycles. The standard InChI is InChI=1S/C14H18FN3/c1-10-14(11-5-4-6-12(15)9-11)18-13(17-10)7-2-3-8-16/h4-6,9H,2-3,7-8,16H2,1H3,(H,17,18). The average molecular weight is 247 g/mol. The van der Waals surface area contributed by atoms with Crippen LogP contribution in [-0.4, -0.2) is 16.5 Å². The number of hydrogen-bond donors (Lipinski definition) is 2. The lowest BCUT2D eigenvalue weighted by Gasteiger charge is -1.98. The lowest BCUT2D eigenvalue weighted by molar-refractivity contribution is 0.628. The molecule has 0 amide bonds. The number of imidazole rings is 1. The summed E-state index contributed by atoms with van der Waals surface area (Å²) in [5.74, 6) is 0.708. The van der Waals surface area contributed by atoms with Gasteiger partial charge in [-0.2, -0.15) is 0 Å². The molecule has 0 aliphatic rings. The van der Waals surface area contributed by atoms with Gasteiger partial charge in [0, 0.05) is 17.7 Å². The lowest BCUT2D eigenvalue weighted by Crippen LogP contribution is -1.99. The van der Waals surface area contributed by atoms with Crippen LogP contribution in [0.25, 0.3) is 11.3 Å². The maximum atomic E-state index is 13.2. The summed E-state index contributed by atoms with van der Waals surface area (Å²) in [6.07, 6.45) is 2.90. The van der Waals surface area contributed by atoms with Crippen LogP contribution < -0.4 is 5.73 Å². The number of nitrogens with two attached hydrogens (primary N) is 1. The van der Waals surface area contributed by atoms with E-state index < -0.39 is 0 Å². The van der Waals surface area contributed by atoms with Crippen LogP contribution in [0.15, 0.2) is 24.3 Å². The molecule has 0 unspecified atom stereocenters. The molecule has 0 fully saturated rings. The lowest BCUT2D eigenvalue weighted by atomic mass is 10.1. The summed E-state index contributed by atoms with van der Waals surface area (Å²) < 4.78 is 13.2. The zero-order valence-electron chi connectivity index (χ0n) is 10.5. The average Bonchev–Trinajstić information content (AvgIpc) is 2.71. The van der Waals surface area contributed by atoms with Gasteiger partial charge in [0.05, 0.1) is 5.69 Å². The number of rotatable bonds is 5. The molecular weight excluding hydrogens is 229 g/mol. The van der Waals surface area contributed by atoms with E-state index in [-0.39, 0.29) is 5.82 Å². The Labute approximate surface area is 106 Å². The molecule has 18 heavy (non-hydrogen) atoms. The highest BCUT2D eigenvalue weighted by molar-refractivity contribution is 5.61. The molecular formula is C14H18FN3. The zero-order valence-corrected chi connectivity index (χ0v) is 10.5. The maximum absolute atomic E-state index is 13.2. The van der Waals surface area contributed by atoms with E-state index >= 15 is 0 Å². The van der Waals surface area contributed by atoms with Crippen molar-refractivity contribution in [3.63, 3.8) is 0 Å². The Kier molecular flexibility index (Phi) is 4.10. The number of nitrogens with one attached hydrogen (secondary N) is 1. The second-order valence-electron chi connectivity index (χ2n) is 4.41. The first kappa shape index (κ1) is 12.8. The predicted molar refractivity (Wildman–Crippen MR) is 70.7 cm³/mol. The van der Waals surface area contributed by atoms with Gasteiger partial charge < -0.3 is 10.7 Å². The SMILES string of the molecule is Cc1[nH]c(CCCCN)nc1-c1cccc(F)c1. The van der Waals surface area contributed by atoms with Crippen molar-refractivity contribution in [1.29, 1.82) is 0 Å². The molecule has 1 heterocycles. The molecule has 4 heteroatoms. The summed E-state index contributed by atoms with van der Waals surface area (Å²) in [5.41, 5.74) is 8.08. The number of halogens is 1. The Morgan fingerprint density at radius 1 is 1.33 bits per heavy atom. The van der Waals surface area contributed by atoms with Gasteiger partial charge in [0.2, 0.25) is 0 Å². The number of aromatic nitrogens is 2. The van der Waals surface area contributed by atoms with Crippen molar-refractivity contribution in [2.45, 2.75) is 26.2 Å². The van der Waals surface area contributed by atoms with Crippen molar-refractivity contribution in [3.8, 4) is 11.3 Å². The van der Waals surface area contributed by atoms with Crippen molar-refractivity contribution in [1.82, 2.24) is 9.97 Å². The molecule has 0 spiro atoms.